The Hall–Kier alpha value is 0.530. The number of hydrogen-bond donors (Lipinski definition) is 0. The first kappa shape index (κ1) is 14.5. The number of rotatable bonds is 4. The van der Waals surface area contributed by atoms with Gasteiger partial charge in [0.05, 0.1) is 0 Å². The van der Waals surface area contributed by atoms with Crippen LogP contribution in [0.5, 0.6) is 0 Å². The second kappa shape index (κ2) is 7.77. The lowest BCUT2D eigenvalue weighted by atomic mass is 10.2. The molecule has 0 saturated carbocycles. The Kier molecular flexibility index (Phi) is 8.07. The molecule has 0 spiro atoms. The van der Waals surface area contributed by atoms with E-state index in [1.165, 1.54) is 27.3 Å². The maximum absolute atomic E-state index is 3.45. The van der Waals surface area contributed by atoms with E-state index >= 15 is 0 Å². The van der Waals surface area contributed by atoms with E-state index in [-0.39, 0.29) is 17.0 Å². The van der Waals surface area contributed by atoms with Gasteiger partial charge < -0.3 is 17.0 Å². The first-order valence-electron chi connectivity index (χ1n) is 4.64. The molecule has 0 bridgehead atoms. The molecule has 0 fully saturated rings. The molecule has 0 atom stereocenters. The van der Waals surface area contributed by atoms with Crippen molar-refractivity contribution in [2.24, 2.45) is 0 Å². The molecule has 0 saturated heterocycles. The van der Waals surface area contributed by atoms with Crippen molar-refractivity contribution in [1.82, 2.24) is 0 Å². The van der Waals surface area contributed by atoms with Gasteiger partial charge in [-0.2, -0.15) is 0 Å². The summed E-state index contributed by atoms with van der Waals surface area (Å²) in [6.07, 6.45) is 0. The van der Waals surface area contributed by atoms with E-state index in [1.54, 1.807) is 0 Å². The molecule has 1 aromatic carbocycles. The third-order valence-corrected chi connectivity index (χ3v) is 5.00. The Morgan fingerprint density at radius 3 is 2.00 bits per heavy atom. The fraction of sp³-hybridized carbons (Fsp3) is 0.455. The highest BCUT2D eigenvalue weighted by Crippen LogP contribution is 2.14. The van der Waals surface area contributed by atoms with Crippen LogP contribution >= 0.6 is 15.9 Å². The molecule has 80 valence electrons. The van der Waals surface area contributed by atoms with Crippen LogP contribution in [0.15, 0.2) is 28.7 Å². The van der Waals surface area contributed by atoms with E-state index in [2.05, 4.69) is 54.0 Å². The number of benzene rings is 1. The summed E-state index contributed by atoms with van der Waals surface area (Å²) < 4.78 is 1.17. The monoisotopic (exact) mass is 338 g/mol. The molecule has 0 nitrogen and oxygen atoms in total. The minimum absolute atomic E-state index is 0. The Morgan fingerprint density at radius 1 is 1.07 bits per heavy atom. The summed E-state index contributed by atoms with van der Waals surface area (Å²) in [6, 6.07) is 8.69. The van der Waals surface area contributed by atoms with Gasteiger partial charge in [0.25, 0.3) is 0 Å². The van der Waals surface area contributed by atoms with E-state index in [1.807, 2.05) is 0 Å². The average molecular weight is 340 g/mol. The van der Waals surface area contributed by atoms with Gasteiger partial charge in [0.1, 0.15) is 17.3 Å². The topological polar surface area (TPSA) is 0 Å². The molecule has 1 aromatic rings. The molecule has 1 rings (SSSR count). The molecule has 0 amide bonds. The quantitative estimate of drug-likeness (QED) is 0.705. The Labute approximate surface area is 109 Å². The van der Waals surface area contributed by atoms with Gasteiger partial charge in [-0.25, -0.2) is 0 Å². The van der Waals surface area contributed by atoms with E-state index in [4.69, 9.17) is 0 Å². The van der Waals surface area contributed by atoms with Crippen molar-refractivity contribution in [3.63, 3.8) is 0 Å². The predicted molar refractivity (Wildman–Crippen MR) is 66.3 cm³/mol. The largest absolute Gasteiger partial charge is 1.00 e. The third-order valence-electron chi connectivity index (χ3n) is 2.10. The SMILES string of the molecule is CC[S+](CC)Cc1ccc(Br)cc1.[Br-]. The normalized spacial score (nSPS) is 10.0. The Bertz CT molecular complexity index is 242. The lowest BCUT2D eigenvalue weighted by Gasteiger charge is -2.03. The summed E-state index contributed by atoms with van der Waals surface area (Å²) in [4.78, 5) is 0. The highest BCUT2D eigenvalue weighted by atomic mass is 79.9. The predicted octanol–water partition coefficient (Wildman–Crippen LogP) is 0.611. The summed E-state index contributed by atoms with van der Waals surface area (Å²) in [5, 5.41) is 0. The van der Waals surface area contributed by atoms with E-state index in [0.717, 1.165) is 0 Å². The molecule has 0 N–H and O–H groups in total. The average Bonchev–Trinajstić information content (AvgIpc) is 2.17. The molecule has 0 aromatic heterocycles. The molecular weight excluding hydrogens is 324 g/mol. The van der Waals surface area contributed by atoms with Crippen LogP contribution in [-0.4, -0.2) is 11.5 Å². The van der Waals surface area contributed by atoms with Crippen LogP contribution in [0, 0.1) is 0 Å². The molecule has 0 aliphatic heterocycles. The van der Waals surface area contributed by atoms with Crippen LogP contribution in [0.4, 0.5) is 0 Å². The lowest BCUT2D eigenvalue weighted by molar-refractivity contribution is -0.00000268. The minimum Gasteiger partial charge on any atom is -1.00 e. The zero-order valence-corrected chi connectivity index (χ0v) is 12.6. The molecule has 3 heteroatoms. The Morgan fingerprint density at radius 2 is 1.57 bits per heavy atom. The lowest BCUT2D eigenvalue weighted by Crippen LogP contribution is -3.00. The van der Waals surface area contributed by atoms with Gasteiger partial charge in [0.15, 0.2) is 0 Å². The number of halogens is 2. The van der Waals surface area contributed by atoms with Crippen molar-refractivity contribution >= 4 is 26.8 Å². The van der Waals surface area contributed by atoms with Crippen molar-refractivity contribution in [3.05, 3.63) is 34.3 Å². The number of hydrogen-bond acceptors (Lipinski definition) is 0. The smallest absolute Gasteiger partial charge is 0.133 e. The van der Waals surface area contributed by atoms with Gasteiger partial charge in [-0.1, -0.05) is 28.1 Å². The maximum atomic E-state index is 3.45. The van der Waals surface area contributed by atoms with E-state index < -0.39 is 0 Å². The van der Waals surface area contributed by atoms with Crippen molar-refractivity contribution in [3.8, 4) is 0 Å². The van der Waals surface area contributed by atoms with Crippen molar-refractivity contribution in [2.75, 3.05) is 11.5 Å². The molecule has 14 heavy (non-hydrogen) atoms. The van der Waals surface area contributed by atoms with Crippen LogP contribution in [0.3, 0.4) is 0 Å². The standard InChI is InChI=1S/C11H16BrS.BrH/c1-3-13(4-2)9-10-5-7-11(12)8-6-10;/h5-8H,3-4,9H2,1-2H3;1H/q+1;/p-1. The molecule has 0 unspecified atom stereocenters. The van der Waals surface area contributed by atoms with Gasteiger partial charge in [-0.15, -0.1) is 0 Å². The van der Waals surface area contributed by atoms with Crippen molar-refractivity contribution in [1.29, 1.82) is 0 Å². The van der Waals surface area contributed by atoms with Gasteiger partial charge in [-0.3, -0.25) is 0 Å². The van der Waals surface area contributed by atoms with Gasteiger partial charge >= 0.3 is 0 Å². The van der Waals surface area contributed by atoms with Gasteiger partial charge in [0.2, 0.25) is 0 Å². The van der Waals surface area contributed by atoms with Crippen LogP contribution in [0.1, 0.15) is 19.4 Å². The summed E-state index contributed by atoms with van der Waals surface area (Å²) in [5.41, 5.74) is 1.47. The van der Waals surface area contributed by atoms with Crippen LogP contribution < -0.4 is 17.0 Å². The fourth-order valence-electron chi connectivity index (χ4n) is 1.22. The van der Waals surface area contributed by atoms with Gasteiger partial charge in [-0.05, 0) is 36.9 Å². The fourth-order valence-corrected chi connectivity index (χ4v) is 2.97. The van der Waals surface area contributed by atoms with E-state index in [9.17, 15) is 0 Å². The first-order valence-corrected chi connectivity index (χ1v) is 7.17. The van der Waals surface area contributed by atoms with Crippen LogP contribution in [-0.2, 0) is 16.6 Å². The summed E-state index contributed by atoms with van der Waals surface area (Å²) in [6.45, 7) is 4.57. The van der Waals surface area contributed by atoms with Crippen molar-refractivity contribution < 1.29 is 17.0 Å². The molecule has 0 aliphatic rings. The molecular formula is C11H16Br2S. The summed E-state index contributed by atoms with van der Waals surface area (Å²) in [7, 11) is 0.589. The second-order valence-corrected chi connectivity index (χ2v) is 6.54. The zero-order chi connectivity index (χ0) is 9.68. The van der Waals surface area contributed by atoms with E-state index in [0.29, 0.717) is 10.9 Å². The van der Waals surface area contributed by atoms with Crippen molar-refractivity contribution in [2.45, 2.75) is 19.6 Å². The molecule has 0 aliphatic carbocycles. The zero-order valence-electron chi connectivity index (χ0n) is 8.59. The Balaban J connectivity index is 0.00000169. The van der Waals surface area contributed by atoms with Crippen LogP contribution in [0.25, 0.3) is 0 Å². The third kappa shape index (κ3) is 4.85. The highest BCUT2D eigenvalue weighted by Gasteiger charge is 2.12. The molecule has 0 radical (unpaired) electrons. The summed E-state index contributed by atoms with van der Waals surface area (Å²) >= 11 is 3.45. The maximum Gasteiger partial charge on any atom is 0.133 e. The first-order chi connectivity index (χ1) is 6.26. The molecule has 0 heterocycles. The summed E-state index contributed by atoms with van der Waals surface area (Å²) in [5.74, 6) is 3.87. The highest BCUT2D eigenvalue weighted by molar-refractivity contribution is 9.10. The van der Waals surface area contributed by atoms with Gasteiger partial charge in [0, 0.05) is 10.0 Å². The second-order valence-electron chi connectivity index (χ2n) is 2.96. The minimum atomic E-state index is 0. The van der Waals surface area contributed by atoms with Crippen LogP contribution in [0.2, 0.25) is 0 Å².